The van der Waals surface area contributed by atoms with Gasteiger partial charge in [0.2, 0.25) is 0 Å². The highest BCUT2D eigenvalue weighted by Crippen LogP contribution is 2.20. The lowest BCUT2D eigenvalue weighted by Gasteiger charge is -2.03. The molecule has 0 bridgehead atoms. The average Bonchev–Trinajstić information content (AvgIpc) is 2.24. The first-order valence-electron chi connectivity index (χ1n) is 4.33. The number of halogens is 2. The molecule has 0 aromatic heterocycles. The Hall–Kier alpha value is -0.890. The highest BCUT2D eigenvalue weighted by Gasteiger charge is 2.13. The van der Waals surface area contributed by atoms with Gasteiger partial charge in [-0.15, -0.1) is 0 Å². The Labute approximate surface area is 110 Å². The van der Waals surface area contributed by atoms with E-state index in [9.17, 15) is 14.9 Å². The van der Waals surface area contributed by atoms with E-state index < -0.39 is 4.92 Å². The number of nitrogens with one attached hydrogen (secondary N) is 1. The van der Waals surface area contributed by atoms with E-state index in [-0.39, 0.29) is 22.2 Å². The minimum Gasteiger partial charge on any atom is -0.351 e. The predicted molar refractivity (Wildman–Crippen MR) is 69.3 cm³/mol. The van der Waals surface area contributed by atoms with Crippen molar-refractivity contribution in [2.75, 3.05) is 11.0 Å². The van der Waals surface area contributed by atoms with E-state index in [2.05, 4.69) is 27.9 Å². The van der Waals surface area contributed by atoms with E-state index in [1.54, 1.807) is 0 Å². The molecule has 1 amide bonds. The summed E-state index contributed by atoms with van der Waals surface area (Å²) in [4.78, 5) is 21.5. The molecule has 7 heteroatoms. The van der Waals surface area contributed by atoms with Crippen molar-refractivity contribution in [3.63, 3.8) is 0 Å². The maximum absolute atomic E-state index is 11.5. The third-order valence-electron chi connectivity index (χ3n) is 1.74. The van der Waals surface area contributed by atoms with Gasteiger partial charge in [0, 0.05) is 33.7 Å². The molecule has 5 nitrogen and oxygen atoms in total. The Balaban J connectivity index is 2.95. The van der Waals surface area contributed by atoms with E-state index in [4.69, 9.17) is 11.6 Å². The van der Waals surface area contributed by atoms with Crippen molar-refractivity contribution in [1.82, 2.24) is 5.32 Å². The summed E-state index contributed by atoms with van der Waals surface area (Å²) in [5, 5.41) is 13.3. The second kappa shape index (κ2) is 6.00. The van der Waals surface area contributed by atoms with E-state index in [1.807, 2.05) is 0 Å². The van der Waals surface area contributed by atoms with Crippen molar-refractivity contribution in [2.45, 2.75) is 0 Å². The summed E-state index contributed by atoms with van der Waals surface area (Å²) in [6.45, 7) is 0.514. The molecule has 0 aliphatic heterocycles. The predicted octanol–water partition coefficient (Wildman–Crippen LogP) is 2.41. The molecular weight excluding hydrogens is 346 g/mol. The number of nitro benzene ring substituents is 1. The summed E-state index contributed by atoms with van der Waals surface area (Å²) >= 11 is 7.80. The van der Waals surface area contributed by atoms with Gasteiger partial charge in [-0.2, -0.15) is 0 Å². The van der Waals surface area contributed by atoms with E-state index >= 15 is 0 Å². The summed E-state index contributed by atoms with van der Waals surface area (Å²) < 4.78 is 0.770. The normalized spacial score (nSPS) is 9.88. The number of benzene rings is 1. The smallest absolute Gasteiger partial charge is 0.271 e. The zero-order valence-corrected chi connectivity index (χ0v) is 11.0. The number of non-ortho nitro benzene ring substituents is 1. The molecule has 0 heterocycles. The Morgan fingerprint density at radius 3 is 2.75 bits per heavy atom. The van der Waals surface area contributed by atoms with Gasteiger partial charge in [-0.05, 0) is 6.07 Å². The van der Waals surface area contributed by atoms with Gasteiger partial charge in [0.15, 0.2) is 0 Å². The van der Waals surface area contributed by atoms with Crippen molar-refractivity contribution in [3.8, 4) is 0 Å². The van der Waals surface area contributed by atoms with E-state index in [0.717, 1.165) is 4.43 Å². The summed E-state index contributed by atoms with van der Waals surface area (Å²) in [6.07, 6.45) is 0. The minimum atomic E-state index is -0.582. The van der Waals surface area contributed by atoms with Gasteiger partial charge in [-0.25, -0.2) is 0 Å². The molecular formula is C9H8ClIN2O3. The Kier molecular flexibility index (Phi) is 4.94. The molecule has 0 aliphatic carbocycles. The first-order valence-corrected chi connectivity index (χ1v) is 6.24. The molecule has 0 unspecified atom stereocenters. The van der Waals surface area contributed by atoms with Crippen LogP contribution in [0, 0.1) is 10.1 Å². The Bertz CT molecular complexity index is 425. The molecule has 0 fully saturated rings. The van der Waals surface area contributed by atoms with E-state index in [0.29, 0.717) is 6.54 Å². The van der Waals surface area contributed by atoms with Gasteiger partial charge in [0.1, 0.15) is 0 Å². The fourth-order valence-corrected chi connectivity index (χ4v) is 1.57. The number of rotatable bonds is 4. The quantitative estimate of drug-likeness (QED) is 0.391. The number of carbonyl (C=O) groups is 1. The number of hydrogen-bond acceptors (Lipinski definition) is 3. The highest BCUT2D eigenvalue weighted by atomic mass is 127. The standard InChI is InChI=1S/C9H8ClIN2O3/c10-7-3-6(9(14)12-2-1-11)4-8(5-7)13(15)16/h3-5H,1-2H2,(H,12,14). The third kappa shape index (κ3) is 3.60. The highest BCUT2D eigenvalue weighted by molar-refractivity contribution is 14.1. The Morgan fingerprint density at radius 2 is 2.19 bits per heavy atom. The van der Waals surface area contributed by atoms with Crippen molar-refractivity contribution in [3.05, 3.63) is 38.9 Å². The van der Waals surface area contributed by atoms with Crippen LogP contribution in [0.25, 0.3) is 0 Å². The number of nitrogens with zero attached hydrogens (tertiary/aromatic N) is 1. The van der Waals surface area contributed by atoms with Crippen LogP contribution in [-0.4, -0.2) is 21.8 Å². The Morgan fingerprint density at radius 1 is 1.50 bits per heavy atom. The molecule has 1 rings (SSSR count). The SMILES string of the molecule is O=C(NCCI)c1cc(Cl)cc([N+](=O)[O-])c1. The van der Waals surface area contributed by atoms with Crippen LogP contribution in [0.3, 0.4) is 0 Å². The molecule has 16 heavy (non-hydrogen) atoms. The van der Waals surface area contributed by atoms with Crippen molar-refractivity contribution >= 4 is 45.8 Å². The summed E-state index contributed by atoms with van der Waals surface area (Å²) in [7, 11) is 0. The topological polar surface area (TPSA) is 72.2 Å². The number of hydrogen-bond donors (Lipinski definition) is 1. The second-order valence-electron chi connectivity index (χ2n) is 2.90. The lowest BCUT2D eigenvalue weighted by atomic mass is 10.2. The van der Waals surface area contributed by atoms with Crippen molar-refractivity contribution < 1.29 is 9.72 Å². The van der Waals surface area contributed by atoms with Crippen LogP contribution in [0.5, 0.6) is 0 Å². The van der Waals surface area contributed by atoms with Crippen LogP contribution in [0.15, 0.2) is 18.2 Å². The number of amides is 1. The van der Waals surface area contributed by atoms with Crippen LogP contribution >= 0.6 is 34.2 Å². The monoisotopic (exact) mass is 354 g/mol. The summed E-state index contributed by atoms with van der Waals surface area (Å²) in [6, 6.07) is 3.81. The fourth-order valence-electron chi connectivity index (χ4n) is 1.07. The fraction of sp³-hybridized carbons (Fsp3) is 0.222. The molecule has 0 atom stereocenters. The number of alkyl halides is 1. The van der Waals surface area contributed by atoms with Crippen LogP contribution < -0.4 is 5.32 Å². The number of carbonyl (C=O) groups excluding carboxylic acids is 1. The molecule has 1 aromatic rings. The van der Waals surface area contributed by atoms with Crippen LogP contribution in [0.1, 0.15) is 10.4 Å². The molecule has 0 saturated carbocycles. The maximum Gasteiger partial charge on any atom is 0.271 e. The van der Waals surface area contributed by atoms with Gasteiger partial charge in [0.05, 0.1) is 4.92 Å². The summed E-state index contributed by atoms with van der Waals surface area (Å²) in [5.41, 5.74) is 0.0103. The molecule has 0 saturated heterocycles. The van der Waals surface area contributed by atoms with Gasteiger partial charge in [0.25, 0.3) is 11.6 Å². The van der Waals surface area contributed by atoms with Crippen LogP contribution in [0.4, 0.5) is 5.69 Å². The van der Waals surface area contributed by atoms with Gasteiger partial charge in [-0.3, -0.25) is 14.9 Å². The van der Waals surface area contributed by atoms with E-state index in [1.165, 1.54) is 18.2 Å². The van der Waals surface area contributed by atoms with Crippen molar-refractivity contribution in [2.24, 2.45) is 0 Å². The second-order valence-corrected chi connectivity index (χ2v) is 4.42. The van der Waals surface area contributed by atoms with Gasteiger partial charge in [-0.1, -0.05) is 34.2 Å². The zero-order chi connectivity index (χ0) is 12.1. The van der Waals surface area contributed by atoms with Crippen LogP contribution in [-0.2, 0) is 0 Å². The lowest BCUT2D eigenvalue weighted by Crippen LogP contribution is -2.25. The van der Waals surface area contributed by atoms with Gasteiger partial charge >= 0.3 is 0 Å². The molecule has 0 spiro atoms. The average molecular weight is 355 g/mol. The molecule has 1 N–H and O–H groups in total. The van der Waals surface area contributed by atoms with Crippen molar-refractivity contribution in [1.29, 1.82) is 0 Å². The minimum absolute atomic E-state index is 0.175. The number of nitro groups is 1. The third-order valence-corrected chi connectivity index (χ3v) is 2.49. The summed E-state index contributed by atoms with van der Waals surface area (Å²) in [5.74, 6) is -0.359. The van der Waals surface area contributed by atoms with Gasteiger partial charge < -0.3 is 5.32 Å². The molecule has 86 valence electrons. The first kappa shape index (κ1) is 13.2. The zero-order valence-electron chi connectivity index (χ0n) is 8.07. The maximum atomic E-state index is 11.5. The molecule has 0 aliphatic rings. The lowest BCUT2D eigenvalue weighted by molar-refractivity contribution is -0.384. The molecule has 0 radical (unpaired) electrons. The molecule has 1 aromatic carbocycles. The largest absolute Gasteiger partial charge is 0.351 e. The van der Waals surface area contributed by atoms with Crippen LogP contribution in [0.2, 0.25) is 5.02 Å². The first-order chi connectivity index (χ1) is 7.54.